The first-order chi connectivity index (χ1) is 15.2. The number of fused-ring (bicyclic) bond motifs is 1. The van der Waals surface area contributed by atoms with Gasteiger partial charge in [0.25, 0.3) is 5.91 Å². The number of likely N-dealkylation sites (tertiary alicyclic amines) is 1. The highest BCUT2D eigenvalue weighted by Crippen LogP contribution is 2.24. The van der Waals surface area contributed by atoms with Gasteiger partial charge in [-0.15, -0.1) is 16.4 Å². The molecule has 0 aliphatic carbocycles. The van der Waals surface area contributed by atoms with Gasteiger partial charge in [-0.1, -0.05) is 53.7 Å². The lowest BCUT2D eigenvalue weighted by Crippen LogP contribution is -2.42. The zero-order valence-electron chi connectivity index (χ0n) is 17.0. The standard InChI is InChI=1S/C24H22N4O2S/c29-23(22-11-5-13-31-22)19-9-4-12-27(14-19)24(30)21-16-28(26-25-21)15-18-8-3-7-17-6-1-2-10-20(17)18/h1-3,5-8,10-11,13,16,19H,4,9,12,14-15H2/t19-/m1/s1. The molecule has 156 valence electrons. The molecule has 2 aromatic heterocycles. The zero-order valence-corrected chi connectivity index (χ0v) is 17.8. The van der Waals surface area contributed by atoms with E-state index in [4.69, 9.17) is 0 Å². The van der Waals surface area contributed by atoms with Crippen LogP contribution in [0, 0.1) is 5.92 Å². The Labute approximate surface area is 184 Å². The molecule has 0 spiro atoms. The van der Waals surface area contributed by atoms with Crippen molar-refractivity contribution in [3.8, 4) is 0 Å². The molecule has 1 atom stereocenters. The number of carbonyl (C=O) groups excluding carboxylic acids is 2. The Morgan fingerprint density at radius 3 is 2.81 bits per heavy atom. The third-order valence-corrected chi connectivity index (χ3v) is 6.70. The third kappa shape index (κ3) is 4.01. The summed E-state index contributed by atoms with van der Waals surface area (Å²) in [6, 6.07) is 18.1. The van der Waals surface area contributed by atoms with Crippen LogP contribution in [0.4, 0.5) is 0 Å². The molecule has 7 heteroatoms. The van der Waals surface area contributed by atoms with Gasteiger partial charge in [0.2, 0.25) is 0 Å². The maximum Gasteiger partial charge on any atom is 0.276 e. The van der Waals surface area contributed by atoms with E-state index in [1.807, 2.05) is 35.7 Å². The summed E-state index contributed by atoms with van der Waals surface area (Å²) < 4.78 is 1.70. The smallest absolute Gasteiger partial charge is 0.276 e. The van der Waals surface area contributed by atoms with Crippen LogP contribution in [0.2, 0.25) is 0 Å². The maximum atomic E-state index is 13.0. The highest BCUT2D eigenvalue weighted by atomic mass is 32.1. The quantitative estimate of drug-likeness (QED) is 0.443. The number of nitrogens with zero attached hydrogens (tertiary/aromatic N) is 4. The number of aromatic nitrogens is 3. The van der Waals surface area contributed by atoms with Crippen LogP contribution in [0.5, 0.6) is 0 Å². The van der Waals surface area contributed by atoms with Crippen molar-refractivity contribution in [2.45, 2.75) is 19.4 Å². The molecule has 1 saturated heterocycles. The first-order valence-electron chi connectivity index (χ1n) is 10.4. The Morgan fingerprint density at radius 2 is 1.94 bits per heavy atom. The summed E-state index contributed by atoms with van der Waals surface area (Å²) in [7, 11) is 0. The topological polar surface area (TPSA) is 68.1 Å². The van der Waals surface area contributed by atoms with Crippen molar-refractivity contribution in [3.63, 3.8) is 0 Å². The molecular weight excluding hydrogens is 408 g/mol. The van der Waals surface area contributed by atoms with Gasteiger partial charge < -0.3 is 4.90 Å². The van der Waals surface area contributed by atoms with E-state index in [2.05, 4.69) is 34.6 Å². The molecule has 5 rings (SSSR count). The molecule has 31 heavy (non-hydrogen) atoms. The highest BCUT2D eigenvalue weighted by Gasteiger charge is 2.30. The number of thiophene rings is 1. The van der Waals surface area contributed by atoms with Crippen LogP contribution in [-0.4, -0.2) is 44.7 Å². The van der Waals surface area contributed by atoms with Crippen molar-refractivity contribution in [1.82, 2.24) is 19.9 Å². The minimum absolute atomic E-state index is 0.132. The second-order valence-corrected chi connectivity index (χ2v) is 8.82. The number of amides is 1. The summed E-state index contributed by atoms with van der Waals surface area (Å²) in [5, 5.41) is 12.6. The lowest BCUT2D eigenvalue weighted by molar-refractivity contribution is 0.0633. The average molecular weight is 431 g/mol. The van der Waals surface area contributed by atoms with Crippen LogP contribution in [0.3, 0.4) is 0 Å². The van der Waals surface area contributed by atoms with E-state index >= 15 is 0 Å². The van der Waals surface area contributed by atoms with Crippen molar-refractivity contribution in [2.75, 3.05) is 13.1 Å². The van der Waals surface area contributed by atoms with Gasteiger partial charge in [-0.3, -0.25) is 9.59 Å². The molecule has 6 nitrogen and oxygen atoms in total. The van der Waals surface area contributed by atoms with Crippen LogP contribution in [0.1, 0.15) is 38.6 Å². The number of Topliss-reactive ketones (excluding diaryl/α,β-unsaturated/α-hetero) is 1. The van der Waals surface area contributed by atoms with Crippen molar-refractivity contribution >= 4 is 33.8 Å². The third-order valence-electron chi connectivity index (χ3n) is 5.81. The Bertz CT molecular complexity index is 1230. The first-order valence-corrected chi connectivity index (χ1v) is 11.3. The van der Waals surface area contributed by atoms with Crippen LogP contribution in [0.15, 0.2) is 66.2 Å². The predicted octanol–water partition coefficient (Wildman–Crippen LogP) is 4.28. The monoisotopic (exact) mass is 430 g/mol. The summed E-state index contributed by atoms with van der Waals surface area (Å²) in [4.78, 5) is 28.3. The lowest BCUT2D eigenvalue weighted by atomic mass is 9.93. The lowest BCUT2D eigenvalue weighted by Gasteiger charge is -2.31. The summed E-state index contributed by atoms with van der Waals surface area (Å²) in [6.45, 7) is 1.62. The highest BCUT2D eigenvalue weighted by molar-refractivity contribution is 7.12. The van der Waals surface area contributed by atoms with Gasteiger partial charge in [-0.2, -0.15) is 0 Å². The van der Waals surface area contributed by atoms with E-state index in [0.29, 0.717) is 25.3 Å². The van der Waals surface area contributed by atoms with Crippen LogP contribution >= 0.6 is 11.3 Å². The molecule has 3 heterocycles. The minimum Gasteiger partial charge on any atom is -0.336 e. The summed E-state index contributed by atoms with van der Waals surface area (Å²) in [5.74, 6) is -0.179. The molecule has 0 bridgehead atoms. The fourth-order valence-corrected chi connectivity index (χ4v) is 4.98. The number of benzene rings is 2. The molecule has 1 aliphatic heterocycles. The van der Waals surface area contributed by atoms with Gasteiger partial charge in [0.05, 0.1) is 17.6 Å². The van der Waals surface area contributed by atoms with Crippen molar-refractivity contribution < 1.29 is 9.59 Å². The molecule has 1 amide bonds. The number of carbonyl (C=O) groups is 2. The molecular formula is C24H22N4O2S. The van der Waals surface area contributed by atoms with E-state index in [1.165, 1.54) is 22.1 Å². The number of hydrogen-bond donors (Lipinski definition) is 0. The fraction of sp³-hybridized carbons (Fsp3) is 0.250. The molecule has 2 aromatic carbocycles. The van der Waals surface area contributed by atoms with E-state index < -0.39 is 0 Å². The van der Waals surface area contributed by atoms with Gasteiger partial charge in [0, 0.05) is 19.0 Å². The number of hydrogen-bond acceptors (Lipinski definition) is 5. The molecule has 1 fully saturated rings. The van der Waals surface area contributed by atoms with Gasteiger partial charge in [0.15, 0.2) is 11.5 Å². The van der Waals surface area contributed by atoms with Crippen LogP contribution in [-0.2, 0) is 6.54 Å². The SMILES string of the molecule is O=C(c1cccs1)[C@@H]1CCCN(C(=O)c2cn(Cc3cccc4ccccc34)nn2)C1. The number of ketones is 1. The second kappa shape index (κ2) is 8.43. The Hall–Kier alpha value is -3.32. The minimum atomic E-state index is -0.159. The van der Waals surface area contributed by atoms with Crippen molar-refractivity contribution in [2.24, 2.45) is 5.92 Å². The molecule has 4 aromatic rings. The van der Waals surface area contributed by atoms with E-state index in [1.54, 1.807) is 15.8 Å². The molecule has 0 N–H and O–H groups in total. The van der Waals surface area contributed by atoms with Crippen molar-refractivity contribution in [1.29, 1.82) is 0 Å². The molecule has 0 unspecified atom stereocenters. The maximum absolute atomic E-state index is 13.0. The van der Waals surface area contributed by atoms with E-state index in [9.17, 15) is 9.59 Å². The molecule has 0 saturated carbocycles. The normalized spacial score (nSPS) is 16.5. The van der Waals surface area contributed by atoms with E-state index in [0.717, 1.165) is 23.3 Å². The summed E-state index contributed by atoms with van der Waals surface area (Å²) >= 11 is 1.46. The van der Waals surface area contributed by atoms with Gasteiger partial charge in [-0.05, 0) is 40.6 Å². The second-order valence-electron chi connectivity index (χ2n) is 7.87. The van der Waals surface area contributed by atoms with Gasteiger partial charge in [-0.25, -0.2) is 4.68 Å². The van der Waals surface area contributed by atoms with E-state index in [-0.39, 0.29) is 17.6 Å². The zero-order chi connectivity index (χ0) is 21.2. The number of piperidine rings is 1. The first kappa shape index (κ1) is 19.6. The molecule has 1 aliphatic rings. The largest absolute Gasteiger partial charge is 0.336 e. The van der Waals surface area contributed by atoms with Crippen LogP contribution in [0.25, 0.3) is 10.8 Å². The van der Waals surface area contributed by atoms with Crippen LogP contribution < -0.4 is 0 Å². The summed E-state index contributed by atoms with van der Waals surface area (Å²) in [5.41, 5.74) is 1.45. The van der Waals surface area contributed by atoms with Gasteiger partial charge in [0.1, 0.15) is 0 Å². The number of rotatable bonds is 5. The average Bonchev–Trinajstić information content (AvgIpc) is 3.51. The fourth-order valence-electron chi connectivity index (χ4n) is 4.24. The van der Waals surface area contributed by atoms with Gasteiger partial charge >= 0.3 is 0 Å². The Morgan fingerprint density at radius 1 is 1.06 bits per heavy atom. The summed E-state index contributed by atoms with van der Waals surface area (Å²) in [6.07, 6.45) is 3.33. The predicted molar refractivity (Wildman–Crippen MR) is 120 cm³/mol. The van der Waals surface area contributed by atoms with Crippen molar-refractivity contribution in [3.05, 3.63) is 82.3 Å². The Kier molecular flexibility index (Phi) is 5.34. The Balaban J connectivity index is 1.30. The molecule has 0 radical (unpaired) electrons.